The molecule has 0 aliphatic rings. The van der Waals surface area contributed by atoms with Crippen LogP contribution in [0.1, 0.15) is 6.92 Å². The molecule has 0 bridgehead atoms. The fourth-order valence-corrected chi connectivity index (χ4v) is 2.38. The lowest BCUT2D eigenvalue weighted by atomic mass is 10.3. The second kappa shape index (κ2) is 7.74. The Labute approximate surface area is 118 Å². The Balaban J connectivity index is 2.71. The molecule has 0 saturated heterocycles. The molecule has 1 aromatic rings. The summed E-state index contributed by atoms with van der Waals surface area (Å²) in [7, 11) is 3.18. The minimum Gasteiger partial charge on any atom is -0.493 e. The Morgan fingerprint density at radius 3 is 2.68 bits per heavy atom. The van der Waals surface area contributed by atoms with Gasteiger partial charge in [-0.2, -0.15) is 0 Å². The molecule has 5 heteroatoms. The SMILES string of the molecule is C=CCNC(=O)C(C)Sc1ccc(OC)c(OC)c1. The summed E-state index contributed by atoms with van der Waals surface area (Å²) in [6.45, 7) is 5.91. The second-order valence-corrected chi connectivity index (χ2v) is 5.22. The minimum atomic E-state index is -0.182. The van der Waals surface area contributed by atoms with Gasteiger partial charge in [0.1, 0.15) is 0 Å². The third-order valence-electron chi connectivity index (χ3n) is 2.46. The molecule has 104 valence electrons. The molecule has 0 aliphatic heterocycles. The predicted molar refractivity (Wildman–Crippen MR) is 78.1 cm³/mol. The van der Waals surface area contributed by atoms with E-state index in [1.54, 1.807) is 20.3 Å². The van der Waals surface area contributed by atoms with Crippen molar-refractivity contribution < 1.29 is 14.3 Å². The van der Waals surface area contributed by atoms with Crippen LogP contribution in [0.2, 0.25) is 0 Å². The van der Waals surface area contributed by atoms with Crippen molar-refractivity contribution in [2.24, 2.45) is 0 Å². The maximum Gasteiger partial charge on any atom is 0.233 e. The van der Waals surface area contributed by atoms with Crippen molar-refractivity contribution in [1.82, 2.24) is 5.32 Å². The van der Waals surface area contributed by atoms with Crippen molar-refractivity contribution in [2.75, 3.05) is 20.8 Å². The lowest BCUT2D eigenvalue weighted by Gasteiger charge is -2.13. The van der Waals surface area contributed by atoms with E-state index in [4.69, 9.17) is 9.47 Å². The van der Waals surface area contributed by atoms with Gasteiger partial charge in [0.15, 0.2) is 11.5 Å². The number of amides is 1. The van der Waals surface area contributed by atoms with Crippen LogP contribution in [0, 0.1) is 0 Å². The van der Waals surface area contributed by atoms with Gasteiger partial charge in [-0.15, -0.1) is 18.3 Å². The van der Waals surface area contributed by atoms with E-state index in [0.29, 0.717) is 18.0 Å². The normalized spacial score (nSPS) is 11.5. The van der Waals surface area contributed by atoms with Crippen molar-refractivity contribution >= 4 is 17.7 Å². The van der Waals surface area contributed by atoms with Crippen LogP contribution in [-0.4, -0.2) is 31.9 Å². The number of carbonyl (C=O) groups excluding carboxylic acids is 1. The number of carbonyl (C=O) groups is 1. The highest BCUT2D eigenvalue weighted by Crippen LogP contribution is 2.33. The second-order valence-electron chi connectivity index (χ2n) is 3.81. The highest BCUT2D eigenvalue weighted by molar-refractivity contribution is 8.00. The topological polar surface area (TPSA) is 47.6 Å². The predicted octanol–water partition coefficient (Wildman–Crippen LogP) is 2.49. The Morgan fingerprint density at radius 1 is 1.42 bits per heavy atom. The van der Waals surface area contributed by atoms with E-state index < -0.39 is 0 Å². The van der Waals surface area contributed by atoms with Gasteiger partial charge in [-0.25, -0.2) is 0 Å². The molecule has 1 unspecified atom stereocenters. The average Bonchev–Trinajstić information content (AvgIpc) is 2.44. The fourth-order valence-electron chi connectivity index (χ4n) is 1.46. The Kier molecular flexibility index (Phi) is 6.29. The first-order chi connectivity index (χ1) is 9.12. The number of hydrogen-bond acceptors (Lipinski definition) is 4. The van der Waals surface area contributed by atoms with Gasteiger partial charge < -0.3 is 14.8 Å². The number of ether oxygens (including phenoxy) is 2. The molecule has 4 nitrogen and oxygen atoms in total. The molecule has 0 radical (unpaired) electrons. The van der Waals surface area contributed by atoms with Crippen LogP contribution in [0.4, 0.5) is 0 Å². The molecule has 1 amide bonds. The zero-order valence-electron chi connectivity index (χ0n) is 11.4. The monoisotopic (exact) mass is 281 g/mol. The summed E-state index contributed by atoms with van der Waals surface area (Å²) in [4.78, 5) is 12.7. The maximum absolute atomic E-state index is 11.7. The summed E-state index contributed by atoms with van der Waals surface area (Å²) in [6, 6.07) is 5.60. The first kappa shape index (κ1) is 15.4. The van der Waals surface area contributed by atoms with Crippen molar-refractivity contribution in [3.05, 3.63) is 30.9 Å². The summed E-state index contributed by atoms with van der Waals surface area (Å²) < 4.78 is 10.4. The van der Waals surface area contributed by atoms with Crippen molar-refractivity contribution in [1.29, 1.82) is 0 Å². The van der Waals surface area contributed by atoms with Gasteiger partial charge in [-0.3, -0.25) is 4.79 Å². The molecule has 19 heavy (non-hydrogen) atoms. The molecular weight excluding hydrogens is 262 g/mol. The molecule has 0 heterocycles. The third kappa shape index (κ3) is 4.52. The van der Waals surface area contributed by atoms with E-state index in [0.717, 1.165) is 4.90 Å². The molecule has 0 aromatic heterocycles. The van der Waals surface area contributed by atoms with Crippen LogP contribution >= 0.6 is 11.8 Å². The van der Waals surface area contributed by atoms with E-state index in [9.17, 15) is 4.79 Å². The molecule has 1 aromatic carbocycles. The Morgan fingerprint density at radius 2 is 2.11 bits per heavy atom. The van der Waals surface area contributed by atoms with Crippen molar-refractivity contribution in [3.63, 3.8) is 0 Å². The smallest absolute Gasteiger partial charge is 0.233 e. The van der Waals surface area contributed by atoms with Gasteiger partial charge in [-0.1, -0.05) is 6.08 Å². The minimum absolute atomic E-state index is 0.0142. The number of hydrogen-bond donors (Lipinski definition) is 1. The van der Waals surface area contributed by atoms with E-state index in [2.05, 4.69) is 11.9 Å². The Hall–Kier alpha value is -1.62. The lowest BCUT2D eigenvalue weighted by molar-refractivity contribution is -0.120. The van der Waals surface area contributed by atoms with Crippen LogP contribution in [-0.2, 0) is 4.79 Å². The van der Waals surface area contributed by atoms with E-state index in [1.165, 1.54) is 11.8 Å². The summed E-state index contributed by atoms with van der Waals surface area (Å²) in [6.07, 6.45) is 1.66. The molecule has 1 atom stereocenters. The molecular formula is C14H19NO3S. The first-order valence-electron chi connectivity index (χ1n) is 5.89. The van der Waals surface area contributed by atoms with E-state index in [-0.39, 0.29) is 11.2 Å². The molecule has 1 N–H and O–H groups in total. The van der Waals surface area contributed by atoms with Crippen LogP contribution in [0.5, 0.6) is 11.5 Å². The zero-order chi connectivity index (χ0) is 14.3. The van der Waals surface area contributed by atoms with Crippen molar-refractivity contribution in [2.45, 2.75) is 17.1 Å². The van der Waals surface area contributed by atoms with E-state index >= 15 is 0 Å². The van der Waals surface area contributed by atoms with Crippen molar-refractivity contribution in [3.8, 4) is 11.5 Å². The van der Waals surface area contributed by atoms with E-state index in [1.807, 2.05) is 25.1 Å². The van der Waals surface area contributed by atoms with Gasteiger partial charge in [0.25, 0.3) is 0 Å². The fraction of sp³-hybridized carbons (Fsp3) is 0.357. The van der Waals surface area contributed by atoms with Crippen LogP contribution in [0.15, 0.2) is 35.7 Å². The summed E-state index contributed by atoms with van der Waals surface area (Å²) in [5.74, 6) is 1.32. The largest absolute Gasteiger partial charge is 0.493 e. The highest BCUT2D eigenvalue weighted by Gasteiger charge is 2.14. The highest BCUT2D eigenvalue weighted by atomic mass is 32.2. The van der Waals surface area contributed by atoms with Gasteiger partial charge in [0.05, 0.1) is 19.5 Å². The zero-order valence-corrected chi connectivity index (χ0v) is 12.3. The standard InChI is InChI=1S/C14H19NO3S/c1-5-8-15-14(16)10(2)19-11-6-7-12(17-3)13(9-11)18-4/h5-7,9-10H,1,8H2,2-4H3,(H,15,16). The summed E-state index contributed by atoms with van der Waals surface area (Å²) in [5.41, 5.74) is 0. The molecule has 0 fully saturated rings. The number of rotatable bonds is 7. The third-order valence-corrected chi connectivity index (χ3v) is 3.55. The summed E-state index contributed by atoms with van der Waals surface area (Å²) in [5, 5.41) is 2.59. The molecule has 1 rings (SSSR count). The van der Waals surface area contributed by atoms with Crippen LogP contribution in [0.3, 0.4) is 0 Å². The number of methoxy groups -OCH3 is 2. The molecule has 0 aliphatic carbocycles. The van der Waals surface area contributed by atoms with Gasteiger partial charge >= 0.3 is 0 Å². The number of nitrogens with one attached hydrogen (secondary N) is 1. The average molecular weight is 281 g/mol. The van der Waals surface area contributed by atoms with Gasteiger partial charge in [-0.05, 0) is 25.1 Å². The Bertz CT molecular complexity index is 448. The van der Waals surface area contributed by atoms with Gasteiger partial charge in [0, 0.05) is 11.4 Å². The van der Waals surface area contributed by atoms with Crippen LogP contribution in [0.25, 0.3) is 0 Å². The van der Waals surface area contributed by atoms with Crippen LogP contribution < -0.4 is 14.8 Å². The summed E-state index contributed by atoms with van der Waals surface area (Å²) >= 11 is 1.47. The molecule has 0 spiro atoms. The first-order valence-corrected chi connectivity index (χ1v) is 6.77. The van der Waals surface area contributed by atoms with Gasteiger partial charge in [0.2, 0.25) is 5.91 Å². The molecule has 0 saturated carbocycles. The number of thioether (sulfide) groups is 1. The number of benzene rings is 1. The quantitative estimate of drug-likeness (QED) is 0.616. The maximum atomic E-state index is 11.7. The lowest BCUT2D eigenvalue weighted by Crippen LogP contribution is -2.30.